The third-order valence-corrected chi connectivity index (χ3v) is 2.03. The van der Waals surface area contributed by atoms with Crippen LogP contribution in [0.15, 0.2) is 12.3 Å². The normalized spacial score (nSPS) is 10.4. The van der Waals surface area contributed by atoms with Crippen LogP contribution in [0.5, 0.6) is 0 Å². The van der Waals surface area contributed by atoms with Crippen molar-refractivity contribution in [2.75, 3.05) is 5.73 Å². The van der Waals surface area contributed by atoms with Crippen molar-refractivity contribution in [3.05, 3.63) is 23.2 Å². The van der Waals surface area contributed by atoms with Crippen LogP contribution in [-0.4, -0.2) is 20.2 Å². The first-order valence-electron chi connectivity index (χ1n) is 3.98. The van der Waals surface area contributed by atoms with E-state index in [1.807, 2.05) is 6.92 Å². The lowest BCUT2D eigenvalue weighted by atomic mass is 10.1. The van der Waals surface area contributed by atoms with E-state index in [1.54, 1.807) is 12.3 Å². The molecule has 0 aliphatic heterocycles. The van der Waals surface area contributed by atoms with Crippen LogP contribution < -0.4 is 5.73 Å². The van der Waals surface area contributed by atoms with Crippen molar-refractivity contribution in [1.29, 1.82) is 0 Å². The zero-order chi connectivity index (χ0) is 10.1. The smallest absolute Gasteiger partial charge is 0.224 e. The molecule has 0 unspecified atom stereocenters. The highest BCUT2D eigenvalue weighted by Crippen LogP contribution is 2.25. The molecule has 5 nitrogen and oxygen atoms in total. The molecule has 0 amide bonds. The second-order valence-corrected chi connectivity index (χ2v) is 3.15. The summed E-state index contributed by atoms with van der Waals surface area (Å²) in [6.45, 7) is 1.82. The Hall–Kier alpha value is -1.62. The molecular weight excluding hydrogens is 202 g/mol. The standard InChI is InChI=1S/C8H8ClN5/c1-4-6(5-2-3-11-14-5)7(10)13-8(9)12-4/h2-3H,1H3,(H,11,14)(H2,10,12,13). The number of hydrogen-bond acceptors (Lipinski definition) is 4. The van der Waals surface area contributed by atoms with Gasteiger partial charge in [-0.25, -0.2) is 9.97 Å². The maximum absolute atomic E-state index is 5.73. The molecule has 0 saturated carbocycles. The molecule has 3 N–H and O–H groups in total. The third kappa shape index (κ3) is 1.42. The fraction of sp³-hybridized carbons (Fsp3) is 0.125. The van der Waals surface area contributed by atoms with Gasteiger partial charge in [0.25, 0.3) is 0 Å². The average molecular weight is 210 g/mol. The predicted octanol–water partition coefficient (Wildman–Crippen LogP) is 1.41. The Morgan fingerprint density at radius 3 is 2.79 bits per heavy atom. The predicted molar refractivity (Wildman–Crippen MR) is 53.8 cm³/mol. The van der Waals surface area contributed by atoms with Gasteiger partial charge >= 0.3 is 0 Å². The van der Waals surface area contributed by atoms with Crippen molar-refractivity contribution in [3.8, 4) is 11.3 Å². The Morgan fingerprint density at radius 1 is 1.43 bits per heavy atom. The summed E-state index contributed by atoms with van der Waals surface area (Å²) in [4.78, 5) is 7.89. The Kier molecular flexibility index (Phi) is 2.09. The highest BCUT2D eigenvalue weighted by molar-refractivity contribution is 6.28. The fourth-order valence-electron chi connectivity index (χ4n) is 1.29. The molecule has 0 spiro atoms. The van der Waals surface area contributed by atoms with Crippen LogP contribution in [0.25, 0.3) is 11.3 Å². The summed E-state index contributed by atoms with van der Waals surface area (Å²) in [5.41, 5.74) is 7.99. The van der Waals surface area contributed by atoms with Crippen LogP contribution in [0, 0.1) is 6.92 Å². The Balaban J connectivity index is 2.64. The summed E-state index contributed by atoms with van der Waals surface area (Å²) in [6.07, 6.45) is 1.64. The van der Waals surface area contributed by atoms with E-state index in [0.29, 0.717) is 5.82 Å². The molecule has 14 heavy (non-hydrogen) atoms. The van der Waals surface area contributed by atoms with Gasteiger partial charge in [0.15, 0.2) is 0 Å². The monoisotopic (exact) mass is 209 g/mol. The number of halogens is 1. The molecule has 6 heteroatoms. The number of nitrogens with one attached hydrogen (secondary N) is 1. The first kappa shape index (κ1) is 8.96. The zero-order valence-electron chi connectivity index (χ0n) is 7.45. The first-order valence-corrected chi connectivity index (χ1v) is 4.35. The minimum Gasteiger partial charge on any atom is -0.383 e. The zero-order valence-corrected chi connectivity index (χ0v) is 8.21. The maximum atomic E-state index is 5.73. The van der Waals surface area contributed by atoms with Crippen molar-refractivity contribution in [2.45, 2.75) is 6.92 Å². The number of nitrogens with zero attached hydrogens (tertiary/aromatic N) is 3. The number of hydrogen-bond donors (Lipinski definition) is 2. The van der Waals surface area contributed by atoms with E-state index in [2.05, 4.69) is 20.2 Å². The van der Waals surface area contributed by atoms with Crippen LogP contribution in [0.4, 0.5) is 5.82 Å². The summed E-state index contributed by atoms with van der Waals surface area (Å²) in [5.74, 6) is 0.353. The van der Waals surface area contributed by atoms with Crippen molar-refractivity contribution < 1.29 is 0 Å². The van der Waals surface area contributed by atoms with Crippen LogP contribution in [0.1, 0.15) is 5.69 Å². The molecule has 0 aliphatic rings. The van der Waals surface area contributed by atoms with Crippen LogP contribution in [0.2, 0.25) is 5.28 Å². The molecule has 0 radical (unpaired) electrons. The number of rotatable bonds is 1. The van der Waals surface area contributed by atoms with Crippen LogP contribution >= 0.6 is 11.6 Å². The Morgan fingerprint density at radius 2 is 2.21 bits per heavy atom. The Bertz CT molecular complexity index is 428. The van der Waals surface area contributed by atoms with Gasteiger partial charge < -0.3 is 5.73 Å². The molecule has 2 rings (SSSR count). The maximum Gasteiger partial charge on any atom is 0.224 e. The largest absolute Gasteiger partial charge is 0.383 e. The highest BCUT2D eigenvalue weighted by Gasteiger charge is 2.11. The number of anilines is 1. The summed E-state index contributed by atoms with van der Waals surface area (Å²) >= 11 is 5.66. The molecule has 2 heterocycles. The van der Waals surface area contributed by atoms with Gasteiger partial charge in [0.2, 0.25) is 5.28 Å². The lowest BCUT2D eigenvalue weighted by Gasteiger charge is -2.05. The van der Waals surface area contributed by atoms with Crippen LogP contribution in [0.3, 0.4) is 0 Å². The van der Waals surface area contributed by atoms with Gasteiger partial charge in [-0.3, -0.25) is 5.10 Å². The summed E-state index contributed by atoms with van der Waals surface area (Å²) < 4.78 is 0. The molecule has 2 aromatic heterocycles. The molecule has 0 bridgehead atoms. The van der Waals surface area contributed by atoms with E-state index in [-0.39, 0.29) is 5.28 Å². The van der Waals surface area contributed by atoms with Gasteiger partial charge in [0.1, 0.15) is 5.82 Å². The molecule has 0 atom stereocenters. The van der Waals surface area contributed by atoms with Crippen molar-refractivity contribution in [3.63, 3.8) is 0 Å². The SMILES string of the molecule is Cc1nc(Cl)nc(N)c1-c1ccn[nH]1. The van der Waals surface area contributed by atoms with E-state index < -0.39 is 0 Å². The van der Waals surface area contributed by atoms with Gasteiger partial charge in [0, 0.05) is 6.20 Å². The van der Waals surface area contributed by atoms with Gasteiger partial charge in [0.05, 0.1) is 17.0 Å². The van der Waals surface area contributed by atoms with Crippen molar-refractivity contribution in [2.24, 2.45) is 0 Å². The quantitative estimate of drug-likeness (QED) is 0.696. The van der Waals surface area contributed by atoms with Crippen LogP contribution in [-0.2, 0) is 0 Å². The molecule has 0 fully saturated rings. The molecular formula is C8H8ClN5. The average Bonchev–Trinajstić information content (AvgIpc) is 2.54. The van der Waals surface area contributed by atoms with Gasteiger partial charge in [-0.1, -0.05) is 0 Å². The number of nitrogen functional groups attached to an aromatic ring is 1. The summed E-state index contributed by atoms with van der Waals surface area (Å²) in [5, 5.41) is 6.79. The number of aromatic amines is 1. The number of aromatic nitrogens is 4. The number of nitrogens with two attached hydrogens (primary N) is 1. The van der Waals surface area contributed by atoms with Gasteiger partial charge in [-0.15, -0.1) is 0 Å². The third-order valence-electron chi connectivity index (χ3n) is 1.86. The van der Waals surface area contributed by atoms with E-state index in [9.17, 15) is 0 Å². The fourth-order valence-corrected chi connectivity index (χ4v) is 1.51. The van der Waals surface area contributed by atoms with E-state index in [4.69, 9.17) is 17.3 Å². The topological polar surface area (TPSA) is 80.5 Å². The minimum absolute atomic E-state index is 0.156. The second kappa shape index (κ2) is 3.26. The summed E-state index contributed by atoms with van der Waals surface area (Å²) in [6, 6.07) is 1.80. The van der Waals surface area contributed by atoms with Gasteiger partial charge in [-0.2, -0.15) is 5.10 Å². The van der Waals surface area contributed by atoms with E-state index >= 15 is 0 Å². The highest BCUT2D eigenvalue weighted by atomic mass is 35.5. The van der Waals surface area contributed by atoms with E-state index in [0.717, 1.165) is 17.0 Å². The molecule has 0 saturated heterocycles. The lowest BCUT2D eigenvalue weighted by Crippen LogP contribution is -2.00. The molecule has 0 aromatic carbocycles. The van der Waals surface area contributed by atoms with Gasteiger partial charge in [-0.05, 0) is 24.6 Å². The summed E-state index contributed by atoms with van der Waals surface area (Å²) in [7, 11) is 0. The van der Waals surface area contributed by atoms with Crippen molar-refractivity contribution >= 4 is 17.4 Å². The van der Waals surface area contributed by atoms with Crippen molar-refractivity contribution in [1.82, 2.24) is 20.2 Å². The minimum atomic E-state index is 0.156. The number of H-pyrrole nitrogens is 1. The second-order valence-electron chi connectivity index (χ2n) is 2.81. The molecule has 0 aliphatic carbocycles. The molecule has 72 valence electrons. The molecule has 2 aromatic rings. The number of aryl methyl sites for hydroxylation is 1. The first-order chi connectivity index (χ1) is 6.68. The van der Waals surface area contributed by atoms with E-state index in [1.165, 1.54) is 0 Å². The lowest BCUT2D eigenvalue weighted by molar-refractivity contribution is 1.07. The Labute approximate surface area is 85.3 Å².